The summed E-state index contributed by atoms with van der Waals surface area (Å²) < 4.78 is 5.19. The molecule has 4 nitrogen and oxygen atoms in total. The molecule has 3 rings (SSSR count). The van der Waals surface area contributed by atoms with Crippen molar-refractivity contribution in [2.45, 2.75) is 39.8 Å². The average Bonchev–Trinajstić information content (AvgIpc) is 2.82. The molecule has 0 bridgehead atoms. The van der Waals surface area contributed by atoms with Crippen LogP contribution >= 0.6 is 11.8 Å². The van der Waals surface area contributed by atoms with Crippen LogP contribution < -0.4 is 4.90 Å². The lowest BCUT2D eigenvalue weighted by Gasteiger charge is -2.36. The largest absolute Gasteiger partial charge is 0.380 e. The number of aryl methyl sites for hydroxylation is 1. The monoisotopic (exact) mass is 439 g/mol. The van der Waals surface area contributed by atoms with Gasteiger partial charge in [0.1, 0.15) is 0 Å². The molecule has 0 unspecified atom stereocenters. The topological polar surface area (TPSA) is 39.5 Å². The molecule has 0 amide bonds. The summed E-state index contributed by atoms with van der Waals surface area (Å²) in [5.74, 6) is 1.14. The van der Waals surface area contributed by atoms with E-state index in [4.69, 9.17) is 4.74 Å². The van der Waals surface area contributed by atoms with Gasteiger partial charge in [0.05, 0.1) is 18.2 Å². The Labute approximate surface area is 193 Å². The lowest BCUT2D eigenvalue weighted by molar-refractivity contribution is 0.185. The average molecular weight is 440 g/mol. The van der Waals surface area contributed by atoms with Crippen molar-refractivity contribution < 1.29 is 4.74 Å². The second kappa shape index (κ2) is 14.1. The van der Waals surface area contributed by atoms with E-state index in [2.05, 4.69) is 58.5 Å². The molecule has 0 spiro atoms. The van der Waals surface area contributed by atoms with E-state index in [1.165, 1.54) is 22.4 Å². The van der Waals surface area contributed by atoms with Crippen molar-refractivity contribution in [2.24, 2.45) is 0 Å². The van der Waals surface area contributed by atoms with Gasteiger partial charge in [-0.2, -0.15) is 17.0 Å². The van der Waals surface area contributed by atoms with Crippen LogP contribution in [0.15, 0.2) is 42.5 Å². The van der Waals surface area contributed by atoms with Crippen LogP contribution in [0.1, 0.15) is 42.5 Å². The smallest absolute Gasteiger partial charge is 0.0994 e. The van der Waals surface area contributed by atoms with Gasteiger partial charge in [-0.15, -0.1) is 0 Å². The van der Waals surface area contributed by atoms with Crippen LogP contribution in [0.25, 0.3) is 0 Å². The summed E-state index contributed by atoms with van der Waals surface area (Å²) in [7, 11) is 1.73. The molecule has 5 heteroatoms. The van der Waals surface area contributed by atoms with Gasteiger partial charge in [-0.05, 0) is 59.7 Å². The Balaban J connectivity index is 0.00000166. The van der Waals surface area contributed by atoms with E-state index < -0.39 is 0 Å². The predicted molar refractivity (Wildman–Crippen MR) is 134 cm³/mol. The minimum Gasteiger partial charge on any atom is -0.380 e. The van der Waals surface area contributed by atoms with E-state index in [0.717, 1.165) is 56.9 Å². The van der Waals surface area contributed by atoms with E-state index in [0.29, 0.717) is 6.61 Å². The highest BCUT2D eigenvalue weighted by atomic mass is 32.2. The van der Waals surface area contributed by atoms with Crippen LogP contribution in [0.2, 0.25) is 0 Å². The summed E-state index contributed by atoms with van der Waals surface area (Å²) in [6.07, 6.45) is 4.24. The van der Waals surface area contributed by atoms with Crippen molar-refractivity contribution in [1.82, 2.24) is 4.90 Å². The first-order valence-electron chi connectivity index (χ1n) is 11.3. The second-order valence-corrected chi connectivity index (χ2v) is 8.55. The third-order valence-corrected chi connectivity index (χ3v) is 6.18. The molecule has 1 heterocycles. The number of methoxy groups -OCH3 is 1. The normalized spacial score (nSPS) is 14.0. The molecule has 1 aliphatic rings. The van der Waals surface area contributed by atoms with Crippen LogP contribution in [0, 0.1) is 11.3 Å². The maximum atomic E-state index is 9.42. The van der Waals surface area contributed by atoms with Gasteiger partial charge in [0, 0.05) is 45.5 Å². The minimum atomic E-state index is 0.669. The number of anilines is 1. The Hall–Kier alpha value is -2.00. The van der Waals surface area contributed by atoms with Crippen LogP contribution in [-0.4, -0.2) is 50.2 Å². The molecule has 0 N–H and O–H groups in total. The second-order valence-electron chi connectivity index (χ2n) is 7.56. The molecule has 2 aromatic carbocycles. The quantitative estimate of drug-likeness (QED) is 0.493. The number of benzene rings is 2. The van der Waals surface area contributed by atoms with Crippen molar-refractivity contribution in [3.63, 3.8) is 0 Å². The maximum absolute atomic E-state index is 9.42. The Morgan fingerprint density at radius 1 is 1.00 bits per heavy atom. The highest BCUT2D eigenvalue weighted by Crippen LogP contribution is 2.23. The summed E-state index contributed by atoms with van der Waals surface area (Å²) in [6.45, 7) is 9.83. The first kappa shape index (κ1) is 25.3. The number of nitrogens with zero attached hydrogens (tertiary/aromatic N) is 3. The zero-order chi connectivity index (χ0) is 22.5. The number of nitriles is 1. The highest BCUT2D eigenvalue weighted by molar-refractivity contribution is 7.98. The molecular formula is C26H37N3OS. The fraction of sp³-hybridized carbons (Fsp3) is 0.500. The molecule has 1 saturated heterocycles. The lowest BCUT2D eigenvalue weighted by atomic mass is 10.0. The number of rotatable bonds is 9. The molecule has 1 aliphatic heterocycles. The van der Waals surface area contributed by atoms with Gasteiger partial charge in [0.2, 0.25) is 0 Å². The molecule has 0 atom stereocenters. The fourth-order valence-electron chi connectivity index (χ4n) is 3.83. The third-order valence-electron chi connectivity index (χ3n) is 5.48. The lowest BCUT2D eigenvalue weighted by Crippen LogP contribution is -2.46. The fourth-order valence-corrected chi connectivity index (χ4v) is 4.26. The summed E-state index contributed by atoms with van der Waals surface area (Å²) in [6, 6.07) is 17.4. The Bertz CT molecular complexity index is 808. The van der Waals surface area contributed by atoms with Crippen molar-refractivity contribution >= 4 is 17.4 Å². The number of ether oxygens (including phenoxy) is 1. The summed E-state index contributed by atoms with van der Waals surface area (Å²) in [5, 5.41) is 9.42. The van der Waals surface area contributed by atoms with E-state index in [-0.39, 0.29) is 0 Å². The van der Waals surface area contributed by atoms with Crippen molar-refractivity contribution in [1.29, 1.82) is 5.26 Å². The van der Waals surface area contributed by atoms with Crippen LogP contribution in [-0.2, 0) is 24.3 Å². The molecular weight excluding hydrogens is 402 g/mol. The van der Waals surface area contributed by atoms with E-state index in [1.54, 1.807) is 7.11 Å². The van der Waals surface area contributed by atoms with Crippen molar-refractivity contribution in [3.05, 3.63) is 64.7 Å². The van der Waals surface area contributed by atoms with Crippen LogP contribution in [0.3, 0.4) is 0 Å². The molecule has 0 saturated carbocycles. The van der Waals surface area contributed by atoms with Crippen molar-refractivity contribution in [2.75, 3.05) is 50.2 Å². The van der Waals surface area contributed by atoms with E-state index in [9.17, 15) is 5.26 Å². The van der Waals surface area contributed by atoms with E-state index >= 15 is 0 Å². The van der Waals surface area contributed by atoms with Crippen LogP contribution in [0.4, 0.5) is 5.69 Å². The standard InChI is InChI=1S/C24H31N3OS.C2H6/c1-28-19-21-7-5-20(6-8-21)18-26-11-13-27(14-12-26)24-10-9-23(17-25)22(16-24)4-3-15-29-2;1-2/h5-10,16H,3-4,11-15,18-19H2,1-2H3;1-2H3. The first-order valence-corrected chi connectivity index (χ1v) is 12.7. The van der Waals surface area contributed by atoms with E-state index in [1.807, 2.05) is 31.7 Å². The predicted octanol–water partition coefficient (Wildman–Crippen LogP) is 5.35. The molecule has 0 radical (unpaired) electrons. The van der Waals surface area contributed by atoms with Crippen LogP contribution in [0.5, 0.6) is 0 Å². The first-order chi connectivity index (χ1) is 15.2. The number of hydrogen-bond donors (Lipinski definition) is 0. The number of piperazine rings is 1. The molecule has 31 heavy (non-hydrogen) atoms. The summed E-state index contributed by atoms with van der Waals surface area (Å²) >= 11 is 1.87. The summed E-state index contributed by atoms with van der Waals surface area (Å²) in [5.41, 5.74) is 5.85. The Kier molecular flexibility index (Phi) is 11.5. The zero-order valence-corrected chi connectivity index (χ0v) is 20.4. The summed E-state index contributed by atoms with van der Waals surface area (Å²) in [4.78, 5) is 4.97. The van der Waals surface area contributed by atoms with Crippen molar-refractivity contribution in [3.8, 4) is 6.07 Å². The number of hydrogen-bond acceptors (Lipinski definition) is 5. The highest BCUT2D eigenvalue weighted by Gasteiger charge is 2.18. The zero-order valence-electron chi connectivity index (χ0n) is 19.6. The molecule has 168 valence electrons. The molecule has 1 fully saturated rings. The molecule has 0 aromatic heterocycles. The maximum Gasteiger partial charge on any atom is 0.0994 e. The molecule has 0 aliphatic carbocycles. The Morgan fingerprint density at radius 2 is 1.68 bits per heavy atom. The molecule has 2 aromatic rings. The third kappa shape index (κ3) is 7.88. The minimum absolute atomic E-state index is 0.669. The SMILES string of the molecule is CC.COCc1ccc(CN2CCN(c3ccc(C#N)c(CCCSC)c3)CC2)cc1. The van der Waals surface area contributed by atoms with Gasteiger partial charge in [-0.3, -0.25) is 4.90 Å². The van der Waals surface area contributed by atoms with Gasteiger partial charge < -0.3 is 9.64 Å². The number of thioether (sulfide) groups is 1. The van der Waals surface area contributed by atoms with Gasteiger partial charge in [-0.1, -0.05) is 38.1 Å². The van der Waals surface area contributed by atoms with Gasteiger partial charge in [-0.25, -0.2) is 0 Å². The van der Waals surface area contributed by atoms with Gasteiger partial charge in [0.15, 0.2) is 0 Å². The van der Waals surface area contributed by atoms with Gasteiger partial charge in [0.25, 0.3) is 0 Å². The van der Waals surface area contributed by atoms with Gasteiger partial charge >= 0.3 is 0 Å². The Morgan fingerprint density at radius 3 is 2.29 bits per heavy atom.